The summed E-state index contributed by atoms with van der Waals surface area (Å²) in [5.74, 6) is 0. The maximum absolute atomic E-state index is 9.47. The molecule has 23 heavy (non-hydrogen) atoms. The SMILES string of the molecule is N#Cc1cccc(-c2ccc3[nH]nnc3c2)c1-c1ccncn1. The molecule has 1 N–H and O–H groups in total. The third-order valence-corrected chi connectivity index (χ3v) is 3.66. The summed E-state index contributed by atoms with van der Waals surface area (Å²) >= 11 is 0. The molecule has 0 aliphatic heterocycles. The van der Waals surface area contributed by atoms with E-state index in [9.17, 15) is 5.26 Å². The monoisotopic (exact) mass is 298 g/mol. The van der Waals surface area contributed by atoms with Gasteiger partial charge in [0.05, 0.1) is 22.8 Å². The first-order valence-electron chi connectivity index (χ1n) is 6.97. The Balaban J connectivity index is 2.00. The Morgan fingerprint density at radius 2 is 2.04 bits per heavy atom. The highest BCUT2D eigenvalue weighted by molar-refractivity contribution is 5.89. The molecule has 0 aliphatic rings. The molecule has 2 heterocycles. The number of fused-ring (bicyclic) bond motifs is 1. The summed E-state index contributed by atoms with van der Waals surface area (Å²) in [6, 6.07) is 15.5. The number of rotatable bonds is 2. The van der Waals surface area contributed by atoms with Gasteiger partial charge in [-0.2, -0.15) is 5.26 Å². The number of hydrogen-bond donors (Lipinski definition) is 1. The summed E-state index contributed by atoms with van der Waals surface area (Å²) in [6.45, 7) is 0. The predicted octanol–water partition coefficient (Wildman–Crippen LogP) is 2.95. The van der Waals surface area contributed by atoms with Crippen molar-refractivity contribution in [1.29, 1.82) is 5.26 Å². The highest BCUT2D eigenvalue weighted by Crippen LogP contribution is 2.34. The molecule has 0 spiro atoms. The molecule has 0 saturated heterocycles. The molecule has 0 bridgehead atoms. The Kier molecular flexibility index (Phi) is 3.03. The molecule has 2 aromatic heterocycles. The second-order valence-corrected chi connectivity index (χ2v) is 4.98. The number of aromatic nitrogens is 5. The van der Waals surface area contributed by atoms with Gasteiger partial charge in [-0.25, -0.2) is 9.97 Å². The molecule has 108 valence electrons. The second-order valence-electron chi connectivity index (χ2n) is 4.98. The van der Waals surface area contributed by atoms with Crippen LogP contribution in [0.15, 0.2) is 55.0 Å². The van der Waals surface area contributed by atoms with Gasteiger partial charge in [0.1, 0.15) is 11.8 Å². The van der Waals surface area contributed by atoms with Crippen LogP contribution in [-0.4, -0.2) is 25.4 Å². The summed E-state index contributed by atoms with van der Waals surface area (Å²) in [6.07, 6.45) is 3.15. The van der Waals surface area contributed by atoms with E-state index in [1.807, 2.05) is 30.3 Å². The molecular formula is C17H10N6. The van der Waals surface area contributed by atoms with Gasteiger partial charge in [-0.3, -0.25) is 5.10 Å². The van der Waals surface area contributed by atoms with E-state index in [1.54, 1.807) is 18.3 Å². The Bertz CT molecular complexity index is 1030. The predicted molar refractivity (Wildman–Crippen MR) is 85.1 cm³/mol. The van der Waals surface area contributed by atoms with Crippen LogP contribution in [0.3, 0.4) is 0 Å². The third-order valence-electron chi connectivity index (χ3n) is 3.66. The molecule has 0 atom stereocenters. The van der Waals surface area contributed by atoms with Gasteiger partial charge in [0.2, 0.25) is 0 Å². The van der Waals surface area contributed by atoms with Gasteiger partial charge < -0.3 is 0 Å². The van der Waals surface area contributed by atoms with Crippen LogP contribution < -0.4 is 0 Å². The molecule has 4 rings (SSSR count). The average Bonchev–Trinajstić information content (AvgIpc) is 3.09. The maximum atomic E-state index is 9.47. The van der Waals surface area contributed by atoms with Crippen LogP contribution in [0.1, 0.15) is 5.56 Å². The van der Waals surface area contributed by atoms with Crippen LogP contribution in [0.25, 0.3) is 33.4 Å². The minimum atomic E-state index is 0.571. The van der Waals surface area contributed by atoms with Crippen molar-refractivity contribution >= 4 is 11.0 Å². The number of nitrogens with zero attached hydrogens (tertiary/aromatic N) is 5. The van der Waals surface area contributed by atoms with Crippen molar-refractivity contribution in [2.24, 2.45) is 0 Å². The highest BCUT2D eigenvalue weighted by Gasteiger charge is 2.14. The number of H-pyrrole nitrogens is 1. The van der Waals surface area contributed by atoms with E-state index in [0.717, 1.165) is 27.7 Å². The second kappa shape index (κ2) is 5.31. The van der Waals surface area contributed by atoms with E-state index in [-0.39, 0.29) is 0 Å². The van der Waals surface area contributed by atoms with Gasteiger partial charge in [0.25, 0.3) is 0 Å². The summed E-state index contributed by atoms with van der Waals surface area (Å²) in [7, 11) is 0. The lowest BCUT2D eigenvalue weighted by Gasteiger charge is -2.11. The molecule has 0 radical (unpaired) electrons. The molecule has 6 heteroatoms. The lowest BCUT2D eigenvalue weighted by molar-refractivity contribution is 0.959. The summed E-state index contributed by atoms with van der Waals surface area (Å²) < 4.78 is 0. The van der Waals surface area contributed by atoms with Crippen LogP contribution in [0.5, 0.6) is 0 Å². The van der Waals surface area contributed by atoms with Crippen molar-refractivity contribution in [2.45, 2.75) is 0 Å². The fourth-order valence-electron chi connectivity index (χ4n) is 2.61. The zero-order chi connectivity index (χ0) is 15.6. The zero-order valence-corrected chi connectivity index (χ0v) is 11.9. The van der Waals surface area contributed by atoms with E-state index < -0.39 is 0 Å². The Morgan fingerprint density at radius 1 is 1.09 bits per heavy atom. The van der Waals surface area contributed by atoms with Gasteiger partial charge >= 0.3 is 0 Å². The largest absolute Gasteiger partial charge is 0.258 e. The fraction of sp³-hybridized carbons (Fsp3) is 0. The summed E-state index contributed by atoms with van der Waals surface area (Å²) in [5, 5.41) is 20.2. The smallest absolute Gasteiger partial charge is 0.116 e. The average molecular weight is 298 g/mol. The van der Waals surface area contributed by atoms with Gasteiger partial charge in [0, 0.05) is 11.8 Å². The first-order valence-corrected chi connectivity index (χ1v) is 6.97. The van der Waals surface area contributed by atoms with Gasteiger partial charge in [-0.15, -0.1) is 5.10 Å². The first-order chi connectivity index (χ1) is 11.4. The first kappa shape index (κ1) is 13.1. The molecular weight excluding hydrogens is 288 g/mol. The van der Waals surface area contributed by atoms with Crippen molar-refractivity contribution in [3.63, 3.8) is 0 Å². The molecule has 4 aromatic rings. The number of benzene rings is 2. The topological polar surface area (TPSA) is 91.1 Å². The lowest BCUT2D eigenvalue weighted by Crippen LogP contribution is -1.92. The van der Waals surface area contributed by atoms with E-state index in [4.69, 9.17) is 0 Å². The third kappa shape index (κ3) is 2.21. The van der Waals surface area contributed by atoms with Crippen LogP contribution in [-0.2, 0) is 0 Å². The van der Waals surface area contributed by atoms with E-state index in [2.05, 4.69) is 31.4 Å². The maximum Gasteiger partial charge on any atom is 0.116 e. The number of hydrogen-bond acceptors (Lipinski definition) is 5. The van der Waals surface area contributed by atoms with Crippen molar-refractivity contribution in [3.05, 3.63) is 60.6 Å². The van der Waals surface area contributed by atoms with Crippen molar-refractivity contribution in [3.8, 4) is 28.5 Å². The summed E-state index contributed by atoms with van der Waals surface area (Å²) in [5.41, 5.74) is 5.60. The van der Waals surface area contributed by atoms with E-state index in [0.29, 0.717) is 11.3 Å². The molecule has 0 unspecified atom stereocenters. The minimum Gasteiger partial charge on any atom is -0.258 e. The quantitative estimate of drug-likeness (QED) is 0.614. The Morgan fingerprint density at radius 3 is 2.87 bits per heavy atom. The van der Waals surface area contributed by atoms with Gasteiger partial charge in [-0.1, -0.05) is 23.4 Å². The lowest BCUT2D eigenvalue weighted by atomic mass is 9.93. The summed E-state index contributed by atoms with van der Waals surface area (Å²) in [4.78, 5) is 8.25. The highest BCUT2D eigenvalue weighted by atomic mass is 15.3. The standard InChI is InChI=1S/C17H10N6/c18-9-12-2-1-3-13(17(12)15-6-7-19-10-20-15)11-4-5-14-16(8-11)22-23-21-14/h1-8,10H,(H,21,22,23). The molecule has 0 saturated carbocycles. The van der Waals surface area contributed by atoms with Crippen LogP contribution >= 0.6 is 0 Å². The van der Waals surface area contributed by atoms with Crippen LogP contribution in [0.2, 0.25) is 0 Å². The Hall–Kier alpha value is -3.59. The van der Waals surface area contributed by atoms with E-state index >= 15 is 0 Å². The van der Waals surface area contributed by atoms with Crippen molar-refractivity contribution in [2.75, 3.05) is 0 Å². The molecule has 0 fully saturated rings. The molecule has 0 aliphatic carbocycles. The van der Waals surface area contributed by atoms with Crippen molar-refractivity contribution < 1.29 is 0 Å². The molecule has 0 amide bonds. The Labute approximate surface area is 131 Å². The number of nitrogens with one attached hydrogen (secondary N) is 1. The van der Waals surface area contributed by atoms with Crippen LogP contribution in [0, 0.1) is 11.3 Å². The zero-order valence-electron chi connectivity index (χ0n) is 11.9. The van der Waals surface area contributed by atoms with Crippen LogP contribution in [0.4, 0.5) is 0 Å². The minimum absolute atomic E-state index is 0.571. The fourth-order valence-corrected chi connectivity index (χ4v) is 2.61. The van der Waals surface area contributed by atoms with Gasteiger partial charge in [-0.05, 0) is 35.4 Å². The number of aromatic amines is 1. The van der Waals surface area contributed by atoms with E-state index in [1.165, 1.54) is 6.33 Å². The van der Waals surface area contributed by atoms with Gasteiger partial charge in [0.15, 0.2) is 0 Å². The normalized spacial score (nSPS) is 10.6. The molecule has 2 aromatic carbocycles. The van der Waals surface area contributed by atoms with Crippen molar-refractivity contribution in [1.82, 2.24) is 25.4 Å². The molecule has 6 nitrogen and oxygen atoms in total. The number of nitriles is 1.